The zero-order valence-corrected chi connectivity index (χ0v) is 8.92. The molecule has 0 spiro atoms. The van der Waals surface area contributed by atoms with Crippen molar-refractivity contribution in [3.8, 4) is 0 Å². The Morgan fingerprint density at radius 3 is 2.12 bits per heavy atom. The highest BCUT2D eigenvalue weighted by Gasteiger charge is 2.51. The highest BCUT2D eigenvalue weighted by molar-refractivity contribution is 5.84. The summed E-state index contributed by atoms with van der Waals surface area (Å²) in [5.74, 6) is -6.44. The fourth-order valence-corrected chi connectivity index (χ4v) is 1.65. The Balaban J connectivity index is 2.74. The van der Waals surface area contributed by atoms with E-state index in [0.717, 1.165) is 4.90 Å². The molecule has 1 fully saturated rings. The van der Waals surface area contributed by atoms with Crippen LogP contribution in [0.15, 0.2) is 0 Å². The number of carbonyl (C=O) groups is 1. The van der Waals surface area contributed by atoms with Crippen LogP contribution < -0.4 is 0 Å². The molecule has 94 valence electrons. The molecule has 1 aliphatic heterocycles. The molecule has 1 heterocycles. The minimum Gasteiger partial charge on any atom is -0.372 e. The second kappa shape index (κ2) is 4.57. The molecule has 16 heavy (non-hydrogen) atoms. The number of hydrogen-bond donors (Lipinski definition) is 0. The van der Waals surface area contributed by atoms with Crippen LogP contribution in [-0.4, -0.2) is 48.5 Å². The van der Waals surface area contributed by atoms with E-state index in [1.807, 2.05) is 0 Å². The van der Waals surface area contributed by atoms with Crippen LogP contribution in [0.4, 0.5) is 17.6 Å². The van der Waals surface area contributed by atoms with Crippen LogP contribution in [0.5, 0.6) is 0 Å². The van der Waals surface area contributed by atoms with Crippen LogP contribution >= 0.6 is 0 Å². The lowest BCUT2D eigenvalue weighted by molar-refractivity contribution is -0.188. The zero-order chi connectivity index (χ0) is 12.5. The van der Waals surface area contributed by atoms with Gasteiger partial charge >= 0.3 is 12.3 Å². The average Bonchev–Trinajstić information content (AvgIpc) is 2.14. The minimum atomic E-state index is -4.61. The number of rotatable bonds is 2. The van der Waals surface area contributed by atoms with Gasteiger partial charge in [0.15, 0.2) is 0 Å². The SMILES string of the molecule is C[C@@H]1CN(C(=O)C(F)(F)C(F)F)C[C@H](C)O1. The number of hydrogen-bond acceptors (Lipinski definition) is 2. The normalized spacial score (nSPS) is 27.3. The molecule has 0 aromatic rings. The maximum absolute atomic E-state index is 12.8. The molecular weight excluding hydrogens is 230 g/mol. The summed E-state index contributed by atoms with van der Waals surface area (Å²) in [5, 5.41) is 0. The number of nitrogens with zero attached hydrogens (tertiary/aromatic N) is 1. The number of morpholine rings is 1. The van der Waals surface area contributed by atoms with E-state index in [1.54, 1.807) is 13.8 Å². The number of amides is 1. The Labute approximate surface area is 90.3 Å². The molecule has 0 bridgehead atoms. The number of halogens is 4. The average molecular weight is 243 g/mol. The van der Waals surface area contributed by atoms with Gasteiger partial charge in [0, 0.05) is 13.1 Å². The van der Waals surface area contributed by atoms with E-state index in [-0.39, 0.29) is 13.1 Å². The van der Waals surface area contributed by atoms with Crippen LogP contribution in [0.25, 0.3) is 0 Å². The Bertz CT molecular complexity index is 262. The van der Waals surface area contributed by atoms with Gasteiger partial charge in [-0.05, 0) is 13.8 Å². The van der Waals surface area contributed by atoms with Gasteiger partial charge < -0.3 is 9.64 Å². The number of alkyl halides is 4. The molecule has 1 rings (SSSR count). The van der Waals surface area contributed by atoms with E-state index in [1.165, 1.54) is 0 Å². The molecule has 0 aromatic heterocycles. The van der Waals surface area contributed by atoms with Crippen LogP contribution in [0.3, 0.4) is 0 Å². The van der Waals surface area contributed by atoms with Crippen molar-refractivity contribution in [3.63, 3.8) is 0 Å². The first-order chi connectivity index (χ1) is 7.25. The van der Waals surface area contributed by atoms with Gasteiger partial charge in [-0.2, -0.15) is 8.78 Å². The van der Waals surface area contributed by atoms with Gasteiger partial charge in [0.2, 0.25) is 0 Å². The number of ether oxygens (including phenoxy) is 1. The fraction of sp³-hybridized carbons (Fsp3) is 0.889. The first-order valence-corrected chi connectivity index (χ1v) is 4.86. The van der Waals surface area contributed by atoms with Crippen molar-refractivity contribution >= 4 is 5.91 Å². The van der Waals surface area contributed by atoms with Crippen molar-refractivity contribution in [3.05, 3.63) is 0 Å². The first-order valence-electron chi connectivity index (χ1n) is 4.86. The van der Waals surface area contributed by atoms with E-state index in [2.05, 4.69) is 0 Å². The summed E-state index contributed by atoms with van der Waals surface area (Å²) >= 11 is 0. The third kappa shape index (κ3) is 2.63. The predicted octanol–water partition coefficient (Wildman–Crippen LogP) is 1.52. The smallest absolute Gasteiger partial charge is 0.372 e. The molecule has 0 N–H and O–H groups in total. The minimum absolute atomic E-state index is 0.0918. The van der Waals surface area contributed by atoms with E-state index in [4.69, 9.17) is 4.74 Å². The second-order valence-electron chi connectivity index (χ2n) is 3.89. The first kappa shape index (κ1) is 13.2. The Morgan fingerprint density at radius 1 is 1.31 bits per heavy atom. The molecule has 1 amide bonds. The van der Waals surface area contributed by atoms with Gasteiger partial charge in [-0.3, -0.25) is 4.79 Å². The topological polar surface area (TPSA) is 29.5 Å². The summed E-state index contributed by atoms with van der Waals surface area (Å²) in [4.78, 5) is 11.9. The van der Waals surface area contributed by atoms with Crippen LogP contribution in [-0.2, 0) is 9.53 Å². The van der Waals surface area contributed by atoms with Crippen molar-refractivity contribution in [2.75, 3.05) is 13.1 Å². The van der Waals surface area contributed by atoms with Crippen molar-refractivity contribution in [2.45, 2.75) is 38.4 Å². The van der Waals surface area contributed by atoms with Gasteiger partial charge in [-0.15, -0.1) is 0 Å². The molecule has 0 saturated carbocycles. The van der Waals surface area contributed by atoms with E-state index >= 15 is 0 Å². The van der Waals surface area contributed by atoms with Crippen LogP contribution in [0.2, 0.25) is 0 Å². The third-order valence-corrected chi connectivity index (χ3v) is 2.27. The molecule has 0 aromatic carbocycles. The molecule has 0 radical (unpaired) electrons. The third-order valence-electron chi connectivity index (χ3n) is 2.27. The molecule has 2 atom stereocenters. The lowest BCUT2D eigenvalue weighted by Gasteiger charge is -2.36. The molecule has 7 heteroatoms. The fourth-order valence-electron chi connectivity index (χ4n) is 1.65. The summed E-state index contributed by atoms with van der Waals surface area (Å²) < 4.78 is 54.8. The van der Waals surface area contributed by atoms with Gasteiger partial charge in [-0.25, -0.2) is 8.78 Å². The zero-order valence-electron chi connectivity index (χ0n) is 8.92. The highest BCUT2D eigenvalue weighted by atomic mass is 19.3. The quantitative estimate of drug-likeness (QED) is 0.688. The molecule has 1 aliphatic rings. The maximum Gasteiger partial charge on any atom is 0.383 e. The van der Waals surface area contributed by atoms with Gasteiger partial charge in [0.1, 0.15) is 0 Å². The van der Waals surface area contributed by atoms with Crippen molar-refractivity contribution < 1.29 is 27.1 Å². The predicted molar refractivity (Wildman–Crippen MR) is 47.5 cm³/mol. The van der Waals surface area contributed by atoms with E-state index < -0.39 is 30.5 Å². The monoisotopic (exact) mass is 243 g/mol. The summed E-state index contributed by atoms with van der Waals surface area (Å²) in [5.41, 5.74) is 0. The molecule has 0 aliphatic carbocycles. The highest BCUT2D eigenvalue weighted by Crippen LogP contribution is 2.26. The van der Waals surface area contributed by atoms with E-state index in [9.17, 15) is 22.4 Å². The Kier molecular flexibility index (Phi) is 3.77. The Morgan fingerprint density at radius 2 is 1.75 bits per heavy atom. The van der Waals surface area contributed by atoms with Crippen molar-refractivity contribution in [1.82, 2.24) is 4.90 Å². The van der Waals surface area contributed by atoms with E-state index in [0.29, 0.717) is 0 Å². The van der Waals surface area contributed by atoms with Gasteiger partial charge in [0.25, 0.3) is 5.91 Å². The van der Waals surface area contributed by atoms with Crippen LogP contribution in [0.1, 0.15) is 13.8 Å². The van der Waals surface area contributed by atoms with Crippen LogP contribution in [0, 0.1) is 0 Å². The van der Waals surface area contributed by atoms with Crippen molar-refractivity contribution in [2.24, 2.45) is 0 Å². The largest absolute Gasteiger partial charge is 0.383 e. The lowest BCUT2D eigenvalue weighted by atomic mass is 10.2. The number of carbonyl (C=O) groups excluding carboxylic acids is 1. The molecule has 1 saturated heterocycles. The second-order valence-corrected chi connectivity index (χ2v) is 3.89. The molecule has 0 unspecified atom stereocenters. The lowest BCUT2D eigenvalue weighted by Crippen LogP contribution is -2.55. The van der Waals surface area contributed by atoms with Gasteiger partial charge in [0.05, 0.1) is 12.2 Å². The Hall–Kier alpha value is -0.850. The summed E-state index contributed by atoms with van der Waals surface area (Å²) in [6.07, 6.45) is -4.84. The summed E-state index contributed by atoms with van der Waals surface area (Å²) in [6.45, 7) is 3.00. The summed E-state index contributed by atoms with van der Waals surface area (Å²) in [7, 11) is 0. The molecular formula is C9H13F4NO2. The standard InChI is InChI=1S/C9H13F4NO2/c1-5-3-14(4-6(2)16-5)8(15)9(12,13)7(10)11/h5-7H,3-4H2,1-2H3/t5-,6+. The van der Waals surface area contributed by atoms with Crippen molar-refractivity contribution in [1.29, 1.82) is 0 Å². The molecule has 3 nitrogen and oxygen atoms in total. The summed E-state index contributed by atoms with van der Waals surface area (Å²) in [6, 6.07) is 0. The maximum atomic E-state index is 12.8. The van der Waals surface area contributed by atoms with Gasteiger partial charge in [-0.1, -0.05) is 0 Å².